The lowest BCUT2D eigenvalue weighted by molar-refractivity contribution is 0.599. The molecule has 106 valence electrons. The number of rotatable bonds is 3. The van der Waals surface area contributed by atoms with Gasteiger partial charge in [-0.25, -0.2) is 22.8 Å². The summed E-state index contributed by atoms with van der Waals surface area (Å²) in [5.41, 5.74) is 5.30. The van der Waals surface area contributed by atoms with Crippen LogP contribution < -0.4 is 10.5 Å². The molecule has 0 fully saturated rings. The molecule has 3 N–H and O–H groups in total. The number of halogens is 3. The van der Waals surface area contributed by atoms with Gasteiger partial charge in [0.25, 0.3) is 10.0 Å². The first kappa shape index (κ1) is 14.9. The fraction of sp³-hybridized carbons (Fsp3) is 0. The van der Waals surface area contributed by atoms with Gasteiger partial charge in [0.2, 0.25) is 0 Å². The maximum absolute atomic E-state index is 13.2. The van der Waals surface area contributed by atoms with Crippen molar-refractivity contribution in [1.82, 2.24) is 9.97 Å². The van der Waals surface area contributed by atoms with Crippen molar-refractivity contribution in [2.24, 2.45) is 0 Å². The van der Waals surface area contributed by atoms with Crippen molar-refractivity contribution in [2.45, 2.75) is 4.90 Å². The molecule has 1 aromatic carbocycles. The van der Waals surface area contributed by atoms with Crippen LogP contribution in [0.3, 0.4) is 0 Å². The molecule has 6 nitrogen and oxygen atoms in total. The van der Waals surface area contributed by atoms with Crippen LogP contribution in [0.2, 0.25) is 5.15 Å². The minimum atomic E-state index is -4.02. The predicted molar refractivity (Wildman–Crippen MR) is 76.4 cm³/mol. The Morgan fingerprint density at radius 3 is 2.65 bits per heavy atom. The number of hydrogen-bond donors (Lipinski definition) is 2. The molecule has 2 rings (SSSR count). The number of benzene rings is 1. The fourth-order valence-corrected chi connectivity index (χ4v) is 3.14. The SMILES string of the molecule is Nc1cc(F)c(Br)cc1S(=O)(=O)Nc1cc(Cl)ncn1. The minimum Gasteiger partial charge on any atom is -0.398 e. The van der Waals surface area contributed by atoms with Crippen molar-refractivity contribution in [2.75, 3.05) is 10.5 Å². The number of hydrogen-bond acceptors (Lipinski definition) is 5. The molecular weight excluding hydrogens is 375 g/mol. The van der Waals surface area contributed by atoms with Crippen LogP contribution in [0.5, 0.6) is 0 Å². The highest BCUT2D eigenvalue weighted by Gasteiger charge is 2.20. The lowest BCUT2D eigenvalue weighted by Gasteiger charge is -2.10. The Labute approximate surface area is 127 Å². The van der Waals surface area contributed by atoms with Crippen LogP contribution in [-0.4, -0.2) is 18.4 Å². The maximum Gasteiger partial charge on any atom is 0.265 e. The molecule has 0 saturated heterocycles. The Balaban J connectivity index is 2.43. The topological polar surface area (TPSA) is 98.0 Å². The van der Waals surface area contributed by atoms with Gasteiger partial charge < -0.3 is 5.73 Å². The molecular formula is C10H7BrClFN4O2S. The van der Waals surface area contributed by atoms with Crippen molar-refractivity contribution < 1.29 is 12.8 Å². The van der Waals surface area contributed by atoms with Crippen LogP contribution >= 0.6 is 27.5 Å². The summed E-state index contributed by atoms with van der Waals surface area (Å²) in [5.74, 6) is -0.684. The van der Waals surface area contributed by atoms with E-state index in [-0.39, 0.29) is 26.0 Å². The van der Waals surface area contributed by atoms with Crippen molar-refractivity contribution >= 4 is 49.1 Å². The highest BCUT2D eigenvalue weighted by Crippen LogP contribution is 2.27. The van der Waals surface area contributed by atoms with Gasteiger partial charge in [-0.05, 0) is 28.1 Å². The summed E-state index contributed by atoms with van der Waals surface area (Å²) in [6.07, 6.45) is 1.10. The van der Waals surface area contributed by atoms with Crippen LogP contribution in [0.25, 0.3) is 0 Å². The number of nitrogens with one attached hydrogen (secondary N) is 1. The Kier molecular flexibility index (Phi) is 4.11. The van der Waals surface area contributed by atoms with Crippen molar-refractivity contribution in [3.05, 3.63) is 40.0 Å². The normalized spacial score (nSPS) is 11.3. The van der Waals surface area contributed by atoms with Crippen molar-refractivity contribution in [3.63, 3.8) is 0 Å². The summed E-state index contributed by atoms with van der Waals surface area (Å²) in [6.45, 7) is 0. The maximum atomic E-state index is 13.2. The van der Waals surface area contributed by atoms with E-state index in [1.807, 2.05) is 0 Å². The second-order valence-electron chi connectivity index (χ2n) is 3.64. The summed E-state index contributed by atoms with van der Waals surface area (Å²) in [6, 6.07) is 3.20. The van der Waals surface area contributed by atoms with E-state index in [1.165, 1.54) is 6.07 Å². The highest BCUT2D eigenvalue weighted by molar-refractivity contribution is 9.10. The third-order valence-electron chi connectivity index (χ3n) is 2.21. The molecule has 0 aliphatic carbocycles. The van der Waals surface area contributed by atoms with Gasteiger partial charge in [-0.2, -0.15) is 0 Å². The van der Waals surface area contributed by atoms with Gasteiger partial charge in [0.1, 0.15) is 28.0 Å². The molecule has 0 atom stereocenters. The predicted octanol–water partition coefficient (Wildman–Crippen LogP) is 2.41. The summed E-state index contributed by atoms with van der Waals surface area (Å²) in [5, 5.41) is 0.0750. The second-order valence-corrected chi connectivity index (χ2v) is 6.53. The van der Waals surface area contributed by atoms with E-state index < -0.39 is 15.8 Å². The highest BCUT2D eigenvalue weighted by atomic mass is 79.9. The number of sulfonamides is 1. The second kappa shape index (κ2) is 5.51. The molecule has 0 unspecified atom stereocenters. The Morgan fingerprint density at radius 2 is 2.00 bits per heavy atom. The Hall–Kier alpha value is -1.45. The van der Waals surface area contributed by atoms with Crippen LogP contribution in [0, 0.1) is 5.82 Å². The first-order valence-electron chi connectivity index (χ1n) is 5.04. The third kappa shape index (κ3) is 3.17. The summed E-state index contributed by atoms with van der Waals surface area (Å²) in [4.78, 5) is 7.05. The van der Waals surface area contributed by atoms with Crippen LogP contribution in [0.15, 0.2) is 33.9 Å². The molecule has 0 bridgehead atoms. The summed E-state index contributed by atoms with van der Waals surface area (Å²) in [7, 11) is -4.02. The van der Waals surface area contributed by atoms with E-state index in [2.05, 4.69) is 30.6 Å². The van der Waals surface area contributed by atoms with Crippen LogP contribution in [0.4, 0.5) is 15.9 Å². The number of nitrogen functional groups attached to an aromatic ring is 1. The third-order valence-corrected chi connectivity index (χ3v) is 4.44. The molecule has 0 spiro atoms. The van der Waals surface area contributed by atoms with Crippen LogP contribution in [0.1, 0.15) is 0 Å². The lowest BCUT2D eigenvalue weighted by Crippen LogP contribution is -2.16. The van der Waals surface area contributed by atoms with Crippen LogP contribution in [-0.2, 0) is 10.0 Å². The quantitative estimate of drug-likeness (QED) is 0.628. The smallest absolute Gasteiger partial charge is 0.265 e. The largest absolute Gasteiger partial charge is 0.398 e. The number of nitrogens with two attached hydrogens (primary N) is 1. The standard InChI is InChI=1S/C10H7BrClFN4O2S/c11-5-1-8(7(14)2-6(5)13)20(18,19)17-10-3-9(12)15-4-16-10/h1-4H,14H2,(H,15,16,17). The number of anilines is 2. The molecule has 0 aliphatic rings. The molecule has 1 aromatic heterocycles. The van der Waals surface area contributed by atoms with E-state index in [1.54, 1.807) is 0 Å². The first-order valence-corrected chi connectivity index (χ1v) is 7.70. The first-order chi connectivity index (χ1) is 9.29. The molecule has 1 heterocycles. The average Bonchev–Trinajstić information content (AvgIpc) is 2.33. The monoisotopic (exact) mass is 380 g/mol. The van der Waals surface area contributed by atoms with E-state index in [0.717, 1.165) is 18.5 Å². The zero-order valence-electron chi connectivity index (χ0n) is 9.64. The van der Waals surface area contributed by atoms with Crippen molar-refractivity contribution in [1.29, 1.82) is 0 Å². The molecule has 0 radical (unpaired) electrons. The molecule has 0 amide bonds. The summed E-state index contributed by atoms with van der Waals surface area (Å²) >= 11 is 8.53. The lowest BCUT2D eigenvalue weighted by atomic mass is 10.3. The van der Waals surface area contributed by atoms with Gasteiger partial charge in [0.15, 0.2) is 0 Å². The van der Waals surface area contributed by atoms with Gasteiger partial charge in [-0.15, -0.1) is 0 Å². The van der Waals surface area contributed by atoms with Gasteiger partial charge >= 0.3 is 0 Å². The van der Waals surface area contributed by atoms with Gasteiger partial charge in [-0.1, -0.05) is 11.6 Å². The molecule has 10 heteroatoms. The molecule has 20 heavy (non-hydrogen) atoms. The number of aromatic nitrogens is 2. The molecule has 2 aromatic rings. The van der Waals surface area contributed by atoms with Gasteiger partial charge in [0.05, 0.1) is 10.2 Å². The number of nitrogens with zero attached hydrogens (tertiary/aromatic N) is 2. The fourth-order valence-electron chi connectivity index (χ4n) is 1.36. The molecule has 0 saturated carbocycles. The zero-order valence-corrected chi connectivity index (χ0v) is 12.8. The van der Waals surface area contributed by atoms with E-state index in [4.69, 9.17) is 17.3 Å². The van der Waals surface area contributed by atoms with Gasteiger partial charge in [-0.3, -0.25) is 4.72 Å². The van der Waals surface area contributed by atoms with E-state index in [0.29, 0.717) is 0 Å². The molecule has 0 aliphatic heterocycles. The summed E-state index contributed by atoms with van der Waals surface area (Å²) < 4.78 is 39.7. The van der Waals surface area contributed by atoms with Gasteiger partial charge in [0, 0.05) is 6.07 Å². The Morgan fingerprint density at radius 1 is 1.30 bits per heavy atom. The Bertz CT molecular complexity index is 772. The average molecular weight is 382 g/mol. The van der Waals surface area contributed by atoms with Crippen molar-refractivity contribution in [3.8, 4) is 0 Å². The van der Waals surface area contributed by atoms with E-state index in [9.17, 15) is 12.8 Å². The zero-order chi connectivity index (χ0) is 14.9. The van der Waals surface area contributed by atoms with E-state index >= 15 is 0 Å². The minimum absolute atomic E-state index is 0.0206.